The lowest BCUT2D eigenvalue weighted by Gasteiger charge is -2.26. The predicted molar refractivity (Wildman–Crippen MR) is 86.5 cm³/mol. The first-order valence-electron chi connectivity index (χ1n) is 6.95. The first-order chi connectivity index (χ1) is 9.43. The summed E-state index contributed by atoms with van der Waals surface area (Å²) < 4.78 is 1.01. The second kappa shape index (κ2) is 6.04. The minimum absolute atomic E-state index is 0.163. The maximum Gasteiger partial charge on any atom is 0.172 e. The van der Waals surface area contributed by atoms with Crippen LogP contribution in [0.1, 0.15) is 38.7 Å². The molecule has 4 nitrogen and oxygen atoms in total. The molecule has 0 amide bonds. The zero-order valence-electron chi connectivity index (χ0n) is 12.1. The van der Waals surface area contributed by atoms with Crippen molar-refractivity contribution in [1.82, 2.24) is 0 Å². The van der Waals surface area contributed by atoms with Gasteiger partial charge in [0.25, 0.3) is 0 Å². The van der Waals surface area contributed by atoms with E-state index in [1.807, 2.05) is 18.2 Å². The molecule has 5 heteroatoms. The van der Waals surface area contributed by atoms with Crippen molar-refractivity contribution < 1.29 is 5.21 Å². The van der Waals surface area contributed by atoms with E-state index >= 15 is 0 Å². The number of benzene rings is 1. The second-order valence-corrected chi connectivity index (χ2v) is 7.07. The van der Waals surface area contributed by atoms with Gasteiger partial charge in [-0.2, -0.15) is 0 Å². The summed E-state index contributed by atoms with van der Waals surface area (Å²) in [7, 11) is 0. The first-order valence-corrected chi connectivity index (χ1v) is 7.75. The molecule has 1 aromatic rings. The molecule has 1 aromatic carbocycles. The molecule has 0 atom stereocenters. The molecule has 2 rings (SSSR count). The summed E-state index contributed by atoms with van der Waals surface area (Å²) in [6.07, 6.45) is 3.54. The van der Waals surface area contributed by atoms with Crippen LogP contribution in [0.15, 0.2) is 27.8 Å². The average Bonchev–Trinajstić information content (AvgIpc) is 2.58. The normalized spacial score (nSPS) is 19.8. The lowest BCUT2D eigenvalue weighted by atomic mass is 9.85. The van der Waals surface area contributed by atoms with Gasteiger partial charge in [0.1, 0.15) is 0 Å². The molecule has 0 bridgehead atoms. The molecular weight excluding hydrogens is 318 g/mol. The Morgan fingerprint density at radius 3 is 2.80 bits per heavy atom. The van der Waals surface area contributed by atoms with Crippen LogP contribution in [0.4, 0.5) is 5.69 Å². The fraction of sp³-hybridized carbons (Fsp3) is 0.533. The lowest BCUT2D eigenvalue weighted by Crippen LogP contribution is -2.28. The number of hydrogen-bond acceptors (Lipinski definition) is 3. The van der Waals surface area contributed by atoms with E-state index in [1.54, 1.807) is 0 Å². The Balaban J connectivity index is 2.34. The fourth-order valence-corrected chi connectivity index (χ4v) is 3.05. The third kappa shape index (κ3) is 3.45. The zero-order valence-corrected chi connectivity index (χ0v) is 13.7. The van der Waals surface area contributed by atoms with E-state index in [9.17, 15) is 0 Å². The van der Waals surface area contributed by atoms with Crippen LogP contribution in [0.2, 0.25) is 0 Å². The minimum atomic E-state index is 0.163. The van der Waals surface area contributed by atoms with Gasteiger partial charge >= 0.3 is 0 Å². The molecule has 3 N–H and O–H groups in total. The number of nitrogens with zero attached hydrogens (tertiary/aromatic N) is 2. The van der Waals surface area contributed by atoms with Crippen molar-refractivity contribution in [3.05, 3.63) is 28.2 Å². The van der Waals surface area contributed by atoms with Crippen LogP contribution >= 0.6 is 15.9 Å². The molecule has 1 heterocycles. The van der Waals surface area contributed by atoms with E-state index in [1.165, 1.54) is 6.42 Å². The number of oxime groups is 1. The molecule has 1 saturated heterocycles. The Hall–Kier alpha value is -1.23. The van der Waals surface area contributed by atoms with Crippen LogP contribution in [0.5, 0.6) is 0 Å². The Labute approximate surface area is 128 Å². The molecule has 20 heavy (non-hydrogen) atoms. The standard InChI is InChI=1S/C15H22BrN3O/c1-15(2)6-3-8-19(9-7-15)13-10-11(16)4-5-12(13)14(17)18-20/h4-5,10,20H,3,6-9H2,1-2H3,(H2,17,18). The highest BCUT2D eigenvalue weighted by Gasteiger charge is 2.24. The molecule has 0 aromatic heterocycles. The molecule has 0 spiro atoms. The summed E-state index contributed by atoms with van der Waals surface area (Å²) in [6.45, 7) is 6.64. The van der Waals surface area contributed by atoms with Gasteiger partial charge in [-0.1, -0.05) is 34.9 Å². The molecule has 1 fully saturated rings. The quantitative estimate of drug-likeness (QED) is 0.375. The van der Waals surface area contributed by atoms with Crippen molar-refractivity contribution in [1.29, 1.82) is 0 Å². The van der Waals surface area contributed by atoms with Gasteiger partial charge < -0.3 is 15.8 Å². The number of anilines is 1. The summed E-state index contributed by atoms with van der Waals surface area (Å²) in [5.41, 5.74) is 8.01. The molecule has 110 valence electrons. The van der Waals surface area contributed by atoms with E-state index in [-0.39, 0.29) is 5.84 Å². The SMILES string of the molecule is CC1(C)CCCN(c2cc(Br)ccc2/C(N)=N/O)CC1. The molecule has 1 aliphatic heterocycles. The molecule has 0 saturated carbocycles. The van der Waals surface area contributed by atoms with Crippen molar-refractivity contribution >= 4 is 27.5 Å². The summed E-state index contributed by atoms with van der Waals surface area (Å²) >= 11 is 3.51. The van der Waals surface area contributed by atoms with Gasteiger partial charge in [0.2, 0.25) is 0 Å². The third-order valence-corrected chi connectivity index (χ3v) is 4.52. The first kappa shape index (κ1) is 15.2. The maximum atomic E-state index is 8.95. The maximum absolute atomic E-state index is 8.95. The van der Waals surface area contributed by atoms with Crippen LogP contribution in [0, 0.1) is 5.41 Å². The van der Waals surface area contributed by atoms with Gasteiger partial charge in [-0.05, 0) is 42.9 Å². The highest BCUT2D eigenvalue weighted by Crippen LogP contribution is 2.33. The molecule has 0 unspecified atom stereocenters. The van der Waals surface area contributed by atoms with Crippen LogP contribution in [-0.4, -0.2) is 24.1 Å². The van der Waals surface area contributed by atoms with Crippen LogP contribution in [0.25, 0.3) is 0 Å². The van der Waals surface area contributed by atoms with Crippen molar-refractivity contribution in [2.45, 2.75) is 33.1 Å². The monoisotopic (exact) mass is 339 g/mol. The fourth-order valence-electron chi connectivity index (χ4n) is 2.70. The molecule has 1 aliphatic rings. The van der Waals surface area contributed by atoms with Crippen LogP contribution < -0.4 is 10.6 Å². The highest BCUT2D eigenvalue weighted by atomic mass is 79.9. The van der Waals surface area contributed by atoms with E-state index in [2.05, 4.69) is 39.8 Å². The smallest absolute Gasteiger partial charge is 0.172 e. The summed E-state index contributed by atoms with van der Waals surface area (Å²) in [6, 6.07) is 5.86. The molecular formula is C15H22BrN3O. The van der Waals surface area contributed by atoms with Crippen molar-refractivity contribution in [3.63, 3.8) is 0 Å². The van der Waals surface area contributed by atoms with Crippen LogP contribution in [-0.2, 0) is 0 Å². The molecule has 0 aliphatic carbocycles. The Kier molecular flexibility index (Phi) is 4.58. The third-order valence-electron chi connectivity index (χ3n) is 4.02. The lowest BCUT2D eigenvalue weighted by molar-refractivity contribution is 0.318. The Bertz CT molecular complexity index is 514. The van der Waals surface area contributed by atoms with Crippen molar-refractivity contribution in [2.75, 3.05) is 18.0 Å². The number of halogens is 1. The van der Waals surface area contributed by atoms with E-state index < -0.39 is 0 Å². The zero-order chi connectivity index (χ0) is 14.8. The van der Waals surface area contributed by atoms with Crippen molar-refractivity contribution in [3.8, 4) is 0 Å². The van der Waals surface area contributed by atoms with Gasteiger partial charge in [0.05, 0.1) is 0 Å². The van der Waals surface area contributed by atoms with E-state index in [4.69, 9.17) is 10.9 Å². The largest absolute Gasteiger partial charge is 0.409 e. The number of amidine groups is 1. The summed E-state index contributed by atoms with van der Waals surface area (Å²) in [5.74, 6) is 0.163. The van der Waals surface area contributed by atoms with Gasteiger partial charge in [-0.3, -0.25) is 0 Å². The second-order valence-electron chi connectivity index (χ2n) is 6.15. The van der Waals surface area contributed by atoms with Gasteiger partial charge in [0.15, 0.2) is 5.84 Å². The number of nitrogens with two attached hydrogens (primary N) is 1. The number of rotatable bonds is 2. The predicted octanol–water partition coefficient (Wildman–Crippen LogP) is 3.56. The average molecular weight is 340 g/mol. The van der Waals surface area contributed by atoms with Gasteiger partial charge in [-0.25, -0.2) is 0 Å². The topological polar surface area (TPSA) is 61.8 Å². The summed E-state index contributed by atoms with van der Waals surface area (Å²) in [5, 5.41) is 12.1. The Morgan fingerprint density at radius 1 is 1.35 bits per heavy atom. The van der Waals surface area contributed by atoms with Crippen molar-refractivity contribution in [2.24, 2.45) is 16.3 Å². The van der Waals surface area contributed by atoms with E-state index in [0.717, 1.165) is 41.7 Å². The highest BCUT2D eigenvalue weighted by molar-refractivity contribution is 9.10. The van der Waals surface area contributed by atoms with E-state index in [0.29, 0.717) is 5.41 Å². The Morgan fingerprint density at radius 2 is 2.10 bits per heavy atom. The van der Waals surface area contributed by atoms with Crippen LogP contribution in [0.3, 0.4) is 0 Å². The minimum Gasteiger partial charge on any atom is -0.409 e. The van der Waals surface area contributed by atoms with Gasteiger partial charge in [0, 0.05) is 28.8 Å². The van der Waals surface area contributed by atoms with Gasteiger partial charge in [-0.15, -0.1) is 0 Å². The summed E-state index contributed by atoms with van der Waals surface area (Å²) in [4.78, 5) is 2.34. The molecule has 0 radical (unpaired) electrons. The number of hydrogen-bond donors (Lipinski definition) is 2.